The monoisotopic (exact) mass is 256 g/mol. The molecule has 0 spiro atoms. The van der Waals surface area contributed by atoms with Crippen LogP contribution in [-0.4, -0.2) is 11.6 Å². The second-order valence-corrected chi connectivity index (χ2v) is 4.42. The molecule has 0 atom stereocenters. The minimum absolute atomic E-state index is 0.0107. The molecule has 0 amide bonds. The van der Waals surface area contributed by atoms with E-state index in [4.69, 9.17) is 0 Å². The van der Waals surface area contributed by atoms with E-state index in [9.17, 15) is 22.8 Å². The molecule has 1 fully saturated rings. The van der Waals surface area contributed by atoms with Gasteiger partial charge in [-0.2, -0.15) is 13.2 Å². The highest BCUT2D eigenvalue weighted by Crippen LogP contribution is 2.32. The van der Waals surface area contributed by atoms with Crippen molar-refractivity contribution in [2.75, 3.05) is 0 Å². The maximum atomic E-state index is 12.3. The van der Waals surface area contributed by atoms with Crippen molar-refractivity contribution in [2.45, 2.75) is 25.4 Å². The van der Waals surface area contributed by atoms with Crippen LogP contribution in [0.5, 0.6) is 0 Å². The highest BCUT2D eigenvalue weighted by molar-refractivity contribution is 6.09. The summed E-state index contributed by atoms with van der Waals surface area (Å²) < 4.78 is 36.9. The van der Waals surface area contributed by atoms with E-state index in [1.165, 1.54) is 0 Å². The van der Waals surface area contributed by atoms with E-state index in [-0.39, 0.29) is 23.7 Å². The number of benzene rings is 1. The molecule has 5 heteroatoms. The summed E-state index contributed by atoms with van der Waals surface area (Å²) in [5.41, 5.74) is -0.649. The van der Waals surface area contributed by atoms with E-state index in [1.807, 2.05) is 0 Å². The van der Waals surface area contributed by atoms with Crippen LogP contribution in [0.4, 0.5) is 13.2 Å². The SMILES string of the molecule is O=C(CC(=O)C1CC1)c1ccc(C(F)(F)F)cc1. The summed E-state index contributed by atoms with van der Waals surface area (Å²) in [6.45, 7) is 0. The average Bonchev–Trinajstić information content (AvgIpc) is 3.11. The van der Waals surface area contributed by atoms with Gasteiger partial charge in [0.2, 0.25) is 0 Å². The fourth-order valence-electron chi connectivity index (χ4n) is 1.66. The number of halogens is 3. The van der Waals surface area contributed by atoms with E-state index in [0.29, 0.717) is 0 Å². The summed E-state index contributed by atoms with van der Waals surface area (Å²) in [4.78, 5) is 23.1. The molecule has 96 valence electrons. The van der Waals surface area contributed by atoms with Gasteiger partial charge in [0.05, 0.1) is 12.0 Å². The van der Waals surface area contributed by atoms with Crippen molar-refractivity contribution in [3.8, 4) is 0 Å². The average molecular weight is 256 g/mol. The van der Waals surface area contributed by atoms with Crippen LogP contribution < -0.4 is 0 Å². The number of ketones is 2. The van der Waals surface area contributed by atoms with Crippen LogP contribution in [0.3, 0.4) is 0 Å². The molecule has 0 heterocycles. The molecule has 0 saturated heterocycles. The summed E-state index contributed by atoms with van der Waals surface area (Å²) in [6, 6.07) is 3.94. The Balaban J connectivity index is 2.04. The van der Waals surface area contributed by atoms with Gasteiger partial charge in [0.1, 0.15) is 5.78 Å². The number of carbonyl (C=O) groups is 2. The molecule has 0 aliphatic heterocycles. The van der Waals surface area contributed by atoms with Gasteiger partial charge >= 0.3 is 6.18 Å². The highest BCUT2D eigenvalue weighted by Gasteiger charge is 2.32. The third kappa shape index (κ3) is 2.97. The molecular weight excluding hydrogens is 245 g/mol. The first kappa shape index (κ1) is 12.8. The largest absolute Gasteiger partial charge is 0.416 e. The van der Waals surface area contributed by atoms with Gasteiger partial charge in [-0.25, -0.2) is 0 Å². The van der Waals surface area contributed by atoms with E-state index < -0.39 is 17.5 Å². The molecule has 0 radical (unpaired) electrons. The summed E-state index contributed by atoms with van der Waals surface area (Å²) in [6.07, 6.45) is -2.99. The minimum Gasteiger partial charge on any atom is -0.299 e. The van der Waals surface area contributed by atoms with Gasteiger partial charge < -0.3 is 0 Å². The zero-order valence-electron chi connectivity index (χ0n) is 9.46. The van der Waals surface area contributed by atoms with Crippen molar-refractivity contribution < 1.29 is 22.8 Å². The normalized spacial score (nSPS) is 15.5. The summed E-state index contributed by atoms with van der Waals surface area (Å²) in [5, 5.41) is 0. The van der Waals surface area contributed by atoms with Crippen LogP contribution in [0.15, 0.2) is 24.3 Å². The van der Waals surface area contributed by atoms with E-state index in [2.05, 4.69) is 0 Å². The van der Waals surface area contributed by atoms with Crippen LogP contribution in [0.1, 0.15) is 35.2 Å². The van der Waals surface area contributed by atoms with E-state index >= 15 is 0 Å². The first-order valence-corrected chi connectivity index (χ1v) is 5.61. The lowest BCUT2D eigenvalue weighted by atomic mass is 10.0. The maximum absolute atomic E-state index is 12.3. The van der Waals surface area contributed by atoms with Crippen molar-refractivity contribution in [3.63, 3.8) is 0 Å². The van der Waals surface area contributed by atoms with Crippen LogP contribution in [0.2, 0.25) is 0 Å². The Morgan fingerprint density at radius 3 is 2.11 bits per heavy atom. The molecule has 0 aromatic heterocycles. The Hall–Kier alpha value is -1.65. The van der Waals surface area contributed by atoms with Gasteiger partial charge in [0.15, 0.2) is 5.78 Å². The van der Waals surface area contributed by atoms with E-state index in [0.717, 1.165) is 37.1 Å². The lowest BCUT2D eigenvalue weighted by Gasteiger charge is -2.06. The predicted molar refractivity (Wildman–Crippen MR) is 58.1 cm³/mol. The van der Waals surface area contributed by atoms with Crippen molar-refractivity contribution in [1.82, 2.24) is 0 Å². The number of hydrogen-bond donors (Lipinski definition) is 0. The Morgan fingerprint density at radius 2 is 1.67 bits per heavy atom. The molecule has 1 aromatic carbocycles. The Morgan fingerprint density at radius 1 is 1.11 bits per heavy atom. The van der Waals surface area contributed by atoms with Crippen molar-refractivity contribution in [3.05, 3.63) is 35.4 Å². The fraction of sp³-hybridized carbons (Fsp3) is 0.385. The summed E-state index contributed by atoms with van der Waals surface area (Å²) in [7, 11) is 0. The Labute approximate surface area is 102 Å². The van der Waals surface area contributed by atoms with Gasteiger partial charge in [-0.05, 0) is 25.0 Å². The summed E-state index contributed by atoms with van der Waals surface area (Å²) in [5.74, 6) is -0.538. The minimum atomic E-state index is -4.41. The van der Waals surface area contributed by atoms with Crippen LogP contribution in [-0.2, 0) is 11.0 Å². The second-order valence-electron chi connectivity index (χ2n) is 4.42. The van der Waals surface area contributed by atoms with Gasteiger partial charge in [0.25, 0.3) is 0 Å². The third-order valence-corrected chi connectivity index (χ3v) is 2.90. The van der Waals surface area contributed by atoms with Crippen LogP contribution in [0.25, 0.3) is 0 Å². The number of Topliss-reactive ketones (excluding diaryl/α,β-unsaturated/α-hetero) is 2. The van der Waals surface area contributed by atoms with Crippen molar-refractivity contribution >= 4 is 11.6 Å². The molecule has 18 heavy (non-hydrogen) atoms. The number of alkyl halides is 3. The molecule has 2 nitrogen and oxygen atoms in total. The summed E-state index contributed by atoms with van der Waals surface area (Å²) >= 11 is 0. The quantitative estimate of drug-likeness (QED) is 0.612. The molecule has 0 N–H and O–H groups in total. The predicted octanol–water partition coefficient (Wildman–Crippen LogP) is 3.26. The third-order valence-electron chi connectivity index (χ3n) is 2.90. The second kappa shape index (κ2) is 4.55. The van der Waals surface area contributed by atoms with Gasteiger partial charge in [0, 0.05) is 11.5 Å². The van der Waals surface area contributed by atoms with Crippen molar-refractivity contribution in [2.24, 2.45) is 5.92 Å². The zero-order valence-corrected chi connectivity index (χ0v) is 9.46. The number of carbonyl (C=O) groups excluding carboxylic acids is 2. The lowest BCUT2D eigenvalue weighted by Crippen LogP contribution is -2.10. The first-order chi connectivity index (χ1) is 8.38. The zero-order chi connectivity index (χ0) is 13.3. The van der Waals surface area contributed by atoms with Gasteiger partial charge in [-0.15, -0.1) is 0 Å². The topological polar surface area (TPSA) is 34.1 Å². The number of rotatable bonds is 4. The molecule has 1 aliphatic carbocycles. The molecule has 1 aliphatic rings. The van der Waals surface area contributed by atoms with Gasteiger partial charge in [-0.3, -0.25) is 9.59 Å². The molecule has 0 unspecified atom stereocenters. The smallest absolute Gasteiger partial charge is 0.299 e. The molecule has 1 aromatic rings. The maximum Gasteiger partial charge on any atom is 0.416 e. The molecule has 1 saturated carbocycles. The highest BCUT2D eigenvalue weighted by atomic mass is 19.4. The van der Waals surface area contributed by atoms with Crippen molar-refractivity contribution in [1.29, 1.82) is 0 Å². The van der Waals surface area contributed by atoms with Crippen LogP contribution in [0, 0.1) is 5.92 Å². The molecule has 0 bridgehead atoms. The Bertz CT molecular complexity index is 470. The van der Waals surface area contributed by atoms with E-state index in [1.54, 1.807) is 0 Å². The molecular formula is C13H11F3O2. The first-order valence-electron chi connectivity index (χ1n) is 5.61. The van der Waals surface area contributed by atoms with Gasteiger partial charge in [-0.1, -0.05) is 12.1 Å². The lowest BCUT2D eigenvalue weighted by molar-refractivity contribution is -0.137. The standard InChI is InChI=1S/C13H11F3O2/c14-13(15,16)10-5-3-9(4-6-10)12(18)7-11(17)8-1-2-8/h3-6,8H,1-2,7H2. The number of hydrogen-bond acceptors (Lipinski definition) is 2. The molecule has 2 rings (SSSR count). The Kier molecular flexibility index (Phi) is 3.24. The fourth-order valence-corrected chi connectivity index (χ4v) is 1.66. The van der Waals surface area contributed by atoms with Crippen LogP contribution >= 0.6 is 0 Å².